The van der Waals surface area contributed by atoms with Crippen LogP contribution in [0.3, 0.4) is 0 Å². The molecule has 0 amide bonds. The summed E-state index contributed by atoms with van der Waals surface area (Å²) in [7, 11) is 1.95. The second-order valence-electron chi connectivity index (χ2n) is 4.04. The molecule has 0 saturated carbocycles. The predicted octanol–water partition coefficient (Wildman–Crippen LogP) is 2.25. The number of nitrogens with zero attached hydrogens (tertiary/aromatic N) is 1. The summed E-state index contributed by atoms with van der Waals surface area (Å²) in [6, 6.07) is 3.74. The number of hydrogen-bond donors (Lipinski definition) is 0. The van der Waals surface area contributed by atoms with Gasteiger partial charge in [-0.05, 0) is 32.0 Å². The van der Waals surface area contributed by atoms with Crippen LogP contribution >= 0.6 is 0 Å². The molecule has 1 aliphatic heterocycles. The molecule has 0 N–H and O–H groups in total. The van der Waals surface area contributed by atoms with Crippen LogP contribution in [0.4, 0.5) is 8.78 Å². The van der Waals surface area contributed by atoms with Crippen LogP contribution in [-0.2, 0) is 0 Å². The minimum atomic E-state index is -0.645. The highest BCUT2D eigenvalue weighted by atomic mass is 19.1. The monoisotopic (exact) mass is 226 g/mol. The quantitative estimate of drug-likeness (QED) is 0.767. The Hall–Kier alpha value is -1.16. The fraction of sp³-hybridized carbons (Fsp3) is 0.417. The molecule has 4 heteroatoms. The maximum Gasteiger partial charge on any atom is 0.191 e. The highest BCUT2D eigenvalue weighted by Crippen LogP contribution is 2.24. The molecule has 87 valence electrons. The summed E-state index contributed by atoms with van der Waals surface area (Å²) < 4.78 is 32.0. The summed E-state index contributed by atoms with van der Waals surface area (Å²) in [6.45, 7) is 1.57. The average molecular weight is 226 g/mol. The first-order chi connectivity index (χ1) is 7.66. The molecule has 2 rings (SSSR count). The molecule has 2 nitrogen and oxygen atoms in total. The molecule has 1 heterocycles. The van der Waals surface area contributed by atoms with E-state index >= 15 is 0 Å². The van der Waals surface area contributed by atoms with Gasteiger partial charge >= 0.3 is 0 Å². The molecule has 1 aliphatic rings. The lowest BCUT2D eigenvalue weighted by Crippen LogP contribution is -2.39. The summed E-state index contributed by atoms with van der Waals surface area (Å²) in [5.74, 6) is -1.56. The minimum Gasteiger partial charge on any atom is -0.483 e. The topological polar surface area (TPSA) is 12.5 Å². The highest BCUT2D eigenvalue weighted by Gasteiger charge is 2.21. The van der Waals surface area contributed by atoms with Crippen molar-refractivity contribution in [2.75, 3.05) is 20.1 Å². The van der Waals surface area contributed by atoms with Crippen LogP contribution in [0.2, 0.25) is 0 Å². The van der Waals surface area contributed by atoms with Crippen LogP contribution in [0.25, 0.3) is 0 Å². The minimum absolute atomic E-state index is 0.176. The van der Waals surface area contributed by atoms with Gasteiger partial charge in [0.1, 0.15) is 6.10 Å². The second-order valence-corrected chi connectivity index (χ2v) is 4.04. The Morgan fingerprint density at radius 2 is 2.00 bits per heavy atom. The Kier molecular flexibility index (Phi) is 3.39. The Morgan fingerprint density at radius 1 is 1.31 bits per heavy atom. The number of piperidine rings is 1. The molecule has 1 aromatic rings. The van der Waals surface area contributed by atoms with E-state index in [4.69, 9.17) is 4.74 Å². The summed E-state index contributed by atoms with van der Waals surface area (Å²) in [5.41, 5.74) is 0. The number of likely N-dealkylation sites (N-methyl/N-ethyl adjacent to an activating group) is 1. The smallest absolute Gasteiger partial charge is 0.191 e. The largest absolute Gasteiger partial charge is 0.483 e. The van der Waals surface area contributed by atoms with Crippen LogP contribution in [0.5, 0.6) is 5.75 Å². The van der Waals surface area contributed by atoms with E-state index < -0.39 is 11.6 Å². The number of halogens is 2. The molecule has 1 fully saturated rings. The van der Waals surface area contributed by atoms with E-state index in [0.29, 0.717) is 6.54 Å². The number of benzene rings is 1. The van der Waals surface area contributed by atoms with Crippen molar-refractivity contribution in [3.05, 3.63) is 36.3 Å². The number of likely N-dealkylation sites (tertiary alicyclic amines) is 1. The van der Waals surface area contributed by atoms with E-state index in [1.165, 1.54) is 18.2 Å². The molecule has 0 spiro atoms. The van der Waals surface area contributed by atoms with E-state index in [1.807, 2.05) is 18.4 Å². The molecule has 16 heavy (non-hydrogen) atoms. The predicted molar refractivity (Wildman–Crippen MR) is 57.2 cm³/mol. The van der Waals surface area contributed by atoms with Gasteiger partial charge in [-0.25, -0.2) is 8.78 Å². The first-order valence-electron chi connectivity index (χ1n) is 5.27. The zero-order valence-corrected chi connectivity index (χ0v) is 9.12. The lowest BCUT2D eigenvalue weighted by Gasteiger charge is -2.29. The summed E-state index contributed by atoms with van der Waals surface area (Å²) in [4.78, 5) is 2.05. The van der Waals surface area contributed by atoms with Crippen molar-refractivity contribution in [3.63, 3.8) is 0 Å². The van der Waals surface area contributed by atoms with Gasteiger partial charge in [-0.1, -0.05) is 6.07 Å². The van der Waals surface area contributed by atoms with Gasteiger partial charge in [-0.15, -0.1) is 0 Å². The Balaban J connectivity index is 2.08. The maximum absolute atomic E-state index is 13.3. The van der Waals surface area contributed by atoms with Gasteiger partial charge in [0.25, 0.3) is 0 Å². The molecule has 1 unspecified atom stereocenters. The first kappa shape index (κ1) is 11.3. The maximum atomic E-state index is 13.3. The van der Waals surface area contributed by atoms with Crippen molar-refractivity contribution >= 4 is 0 Å². The van der Waals surface area contributed by atoms with Crippen molar-refractivity contribution in [2.45, 2.75) is 12.5 Å². The highest BCUT2D eigenvalue weighted by molar-refractivity contribution is 5.26. The van der Waals surface area contributed by atoms with Crippen molar-refractivity contribution in [2.24, 2.45) is 0 Å². The van der Waals surface area contributed by atoms with Crippen LogP contribution in [0, 0.1) is 18.1 Å². The Labute approximate surface area is 93.8 Å². The number of hydrogen-bond acceptors (Lipinski definition) is 2. The number of ether oxygens (including phenoxy) is 1. The van der Waals surface area contributed by atoms with Crippen molar-refractivity contribution < 1.29 is 13.5 Å². The van der Waals surface area contributed by atoms with Gasteiger partial charge in [0, 0.05) is 13.1 Å². The van der Waals surface area contributed by atoms with E-state index in [9.17, 15) is 8.78 Å². The van der Waals surface area contributed by atoms with Gasteiger partial charge in [0.2, 0.25) is 0 Å². The molecular formula is C12H14F2NO. The van der Waals surface area contributed by atoms with Crippen molar-refractivity contribution in [1.82, 2.24) is 4.90 Å². The van der Waals surface area contributed by atoms with Gasteiger partial charge in [0.15, 0.2) is 17.4 Å². The normalized spacial score (nSPS) is 22.1. The van der Waals surface area contributed by atoms with E-state index in [2.05, 4.69) is 0 Å². The summed E-state index contributed by atoms with van der Waals surface area (Å²) in [5, 5.41) is 0. The van der Waals surface area contributed by atoms with Gasteiger partial charge < -0.3 is 9.64 Å². The zero-order valence-electron chi connectivity index (χ0n) is 9.12. The van der Waals surface area contributed by atoms with Gasteiger partial charge in [-0.3, -0.25) is 0 Å². The van der Waals surface area contributed by atoms with Crippen LogP contribution in [-0.4, -0.2) is 31.1 Å². The van der Waals surface area contributed by atoms with Crippen LogP contribution < -0.4 is 4.74 Å². The molecule has 0 aliphatic carbocycles. The Morgan fingerprint density at radius 3 is 2.62 bits per heavy atom. The third kappa shape index (κ3) is 2.50. The zero-order chi connectivity index (χ0) is 11.5. The summed E-state index contributed by atoms with van der Waals surface area (Å²) >= 11 is 0. The fourth-order valence-electron chi connectivity index (χ4n) is 1.82. The van der Waals surface area contributed by atoms with Crippen molar-refractivity contribution in [1.29, 1.82) is 0 Å². The molecule has 1 saturated heterocycles. The van der Waals surface area contributed by atoms with Gasteiger partial charge in [0.05, 0.1) is 0 Å². The Bertz CT molecular complexity index is 350. The molecular weight excluding hydrogens is 212 g/mol. The molecule has 0 aromatic heterocycles. The summed E-state index contributed by atoms with van der Waals surface area (Å²) in [6.07, 6.45) is 2.59. The average Bonchev–Trinajstić information content (AvgIpc) is 2.24. The van der Waals surface area contributed by atoms with Crippen molar-refractivity contribution in [3.8, 4) is 5.75 Å². The first-order valence-corrected chi connectivity index (χ1v) is 5.27. The number of rotatable bonds is 2. The molecule has 1 aromatic carbocycles. The van der Waals surface area contributed by atoms with Crippen LogP contribution in [0.1, 0.15) is 6.42 Å². The SMILES string of the molecule is CN1C[CH]CC(Oc2c(F)cccc2F)C1. The lowest BCUT2D eigenvalue weighted by atomic mass is 10.1. The number of para-hydroxylation sites is 1. The molecule has 1 radical (unpaired) electrons. The van der Waals surface area contributed by atoms with E-state index in [-0.39, 0.29) is 11.9 Å². The van der Waals surface area contributed by atoms with Crippen LogP contribution in [0.15, 0.2) is 18.2 Å². The standard InChI is InChI=1S/C12H14F2NO/c1-15-7-3-4-9(8-15)16-12-10(13)5-2-6-11(12)14/h2-3,5-6,9H,4,7-8H2,1H3. The second kappa shape index (κ2) is 4.78. The molecule has 1 atom stereocenters. The fourth-order valence-corrected chi connectivity index (χ4v) is 1.82. The van der Waals surface area contributed by atoms with Gasteiger partial charge in [-0.2, -0.15) is 0 Å². The van der Waals surface area contributed by atoms with E-state index in [1.54, 1.807) is 0 Å². The lowest BCUT2D eigenvalue weighted by molar-refractivity contribution is 0.117. The third-order valence-electron chi connectivity index (χ3n) is 2.59. The molecule has 0 bridgehead atoms. The van der Waals surface area contributed by atoms with E-state index in [0.717, 1.165) is 13.0 Å². The third-order valence-corrected chi connectivity index (χ3v) is 2.59.